The van der Waals surface area contributed by atoms with E-state index >= 15 is 0 Å². The predicted molar refractivity (Wildman–Crippen MR) is 82.7 cm³/mol. The Morgan fingerprint density at radius 2 is 2.14 bits per heavy atom. The van der Waals surface area contributed by atoms with Crippen LogP contribution < -0.4 is 10.0 Å². The molecule has 1 aromatic carbocycles. The Morgan fingerprint density at radius 1 is 1.33 bits per heavy atom. The average Bonchev–Trinajstić information content (AvgIpc) is 3.06. The zero-order valence-corrected chi connectivity index (χ0v) is 13.4. The van der Waals surface area contributed by atoms with E-state index in [-0.39, 0.29) is 0 Å². The summed E-state index contributed by atoms with van der Waals surface area (Å²) in [4.78, 5) is 4.66. The molecule has 1 aliphatic rings. The van der Waals surface area contributed by atoms with Crippen LogP contribution in [0.5, 0.6) is 0 Å². The Kier molecular flexibility index (Phi) is 4.08. The van der Waals surface area contributed by atoms with Crippen LogP contribution >= 0.6 is 11.3 Å². The van der Waals surface area contributed by atoms with Gasteiger partial charge in [0.05, 0.1) is 15.6 Å². The van der Waals surface area contributed by atoms with Crippen molar-refractivity contribution in [1.29, 1.82) is 0 Å². The lowest BCUT2D eigenvalue weighted by molar-refractivity contribution is 0.581. The van der Waals surface area contributed by atoms with Crippen molar-refractivity contribution in [1.82, 2.24) is 15.0 Å². The maximum atomic E-state index is 12.3. The van der Waals surface area contributed by atoms with E-state index < -0.39 is 10.0 Å². The number of thiazole rings is 1. The Labute approximate surface area is 128 Å². The van der Waals surface area contributed by atoms with Crippen molar-refractivity contribution in [3.63, 3.8) is 0 Å². The van der Waals surface area contributed by atoms with E-state index in [2.05, 4.69) is 15.0 Å². The molecule has 112 valence electrons. The molecule has 0 radical (unpaired) electrons. The number of fused-ring (bicyclic) bond motifs is 1. The molecular weight excluding hydrogens is 306 g/mol. The Morgan fingerprint density at radius 3 is 2.90 bits per heavy atom. The van der Waals surface area contributed by atoms with E-state index in [1.165, 1.54) is 5.56 Å². The molecule has 2 aromatic rings. The predicted octanol–water partition coefficient (Wildman–Crippen LogP) is 1.58. The van der Waals surface area contributed by atoms with Gasteiger partial charge in [-0.1, -0.05) is 6.07 Å². The van der Waals surface area contributed by atoms with E-state index in [0.29, 0.717) is 17.9 Å². The molecule has 1 aromatic heterocycles. The molecule has 0 spiro atoms. The third kappa shape index (κ3) is 3.32. The fraction of sp³-hybridized carbons (Fsp3) is 0.357. The van der Waals surface area contributed by atoms with Gasteiger partial charge >= 0.3 is 0 Å². The van der Waals surface area contributed by atoms with Crippen molar-refractivity contribution in [2.75, 3.05) is 6.54 Å². The van der Waals surface area contributed by atoms with Gasteiger partial charge in [0.15, 0.2) is 0 Å². The zero-order valence-electron chi connectivity index (χ0n) is 11.7. The van der Waals surface area contributed by atoms with Gasteiger partial charge in [0.25, 0.3) is 0 Å². The lowest BCUT2D eigenvalue weighted by Gasteiger charge is -2.07. The van der Waals surface area contributed by atoms with Crippen LogP contribution in [-0.4, -0.2) is 19.9 Å². The van der Waals surface area contributed by atoms with Gasteiger partial charge in [-0.2, -0.15) is 0 Å². The molecule has 5 nitrogen and oxygen atoms in total. The maximum absolute atomic E-state index is 12.3. The number of benzene rings is 1. The summed E-state index contributed by atoms with van der Waals surface area (Å²) in [5.41, 5.74) is 3.17. The molecule has 1 aliphatic heterocycles. The minimum Gasteiger partial charge on any atom is -0.309 e. The van der Waals surface area contributed by atoms with Crippen LogP contribution in [0, 0.1) is 6.92 Å². The summed E-state index contributed by atoms with van der Waals surface area (Å²) in [6.45, 7) is 3.85. The number of nitrogens with zero attached hydrogens (tertiary/aromatic N) is 1. The molecule has 3 rings (SSSR count). The molecule has 0 unspecified atom stereocenters. The number of sulfonamides is 1. The molecule has 2 heterocycles. The summed E-state index contributed by atoms with van der Waals surface area (Å²) >= 11 is 1.58. The Bertz CT molecular complexity index is 753. The second kappa shape index (κ2) is 5.84. The SMILES string of the molecule is Cc1nc(CCNS(=O)(=O)c2ccc3c(c2)CNC3)cs1. The molecule has 0 atom stereocenters. The van der Waals surface area contributed by atoms with Gasteiger partial charge in [0, 0.05) is 31.4 Å². The van der Waals surface area contributed by atoms with E-state index in [0.717, 1.165) is 29.4 Å². The van der Waals surface area contributed by atoms with Gasteiger partial charge in [0.2, 0.25) is 10.0 Å². The quantitative estimate of drug-likeness (QED) is 0.876. The zero-order chi connectivity index (χ0) is 14.9. The molecular formula is C14H17N3O2S2. The molecule has 0 saturated carbocycles. The van der Waals surface area contributed by atoms with Gasteiger partial charge in [-0.05, 0) is 30.2 Å². The first-order valence-corrected chi connectivity index (χ1v) is 9.14. The van der Waals surface area contributed by atoms with Crippen molar-refractivity contribution < 1.29 is 8.42 Å². The number of nitrogens with one attached hydrogen (secondary N) is 2. The molecule has 0 saturated heterocycles. The van der Waals surface area contributed by atoms with Crippen LogP contribution in [0.2, 0.25) is 0 Å². The molecule has 7 heteroatoms. The van der Waals surface area contributed by atoms with Crippen LogP contribution in [0.3, 0.4) is 0 Å². The maximum Gasteiger partial charge on any atom is 0.240 e. The molecule has 0 bridgehead atoms. The fourth-order valence-electron chi connectivity index (χ4n) is 2.36. The third-order valence-electron chi connectivity index (χ3n) is 3.46. The highest BCUT2D eigenvalue weighted by molar-refractivity contribution is 7.89. The number of hydrogen-bond acceptors (Lipinski definition) is 5. The number of rotatable bonds is 5. The van der Waals surface area contributed by atoms with Gasteiger partial charge in [-0.15, -0.1) is 11.3 Å². The van der Waals surface area contributed by atoms with Gasteiger partial charge in [0.1, 0.15) is 0 Å². The lowest BCUT2D eigenvalue weighted by atomic mass is 10.1. The highest BCUT2D eigenvalue weighted by atomic mass is 32.2. The van der Waals surface area contributed by atoms with Crippen molar-refractivity contribution in [3.8, 4) is 0 Å². The van der Waals surface area contributed by atoms with E-state index in [4.69, 9.17) is 0 Å². The highest BCUT2D eigenvalue weighted by Gasteiger charge is 2.17. The molecule has 0 aliphatic carbocycles. The lowest BCUT2D eigenvalue weighted by Crippen LogP contribution is -2.26. The van der Waals surface area contributed by atoms with Crippen molar-refractivity contribution in [3.05, 3.63) is 45.4 Å². The number of hydrogen-bond donors (Lipinski definition) is 2. The first-order chi connectivity index (χ1) is 10.0. The van der Waals surface area contributed by atoms with Gasteiger partial charge < -0.3 is 5.32 Å². The third-order valence-corrected chi connectivity index (χ3v) is 5.74. The van der Waals surface area contributed by atoms with Gasteiger partial charge in [-0.3, -0.25) is 0 Å². The van der Waals surface area contributed by atoms with Gasteiger partial charge in [-0.25, -0.2) is 18.1 Å². The minimum atomic E-state index is -3.45. The number of aryl methyl sites for hydroxylation is 1. The van der Waals surface area contributed by atoms with Crippen LogP contribution in [0.25, 0.3) is 0 Å². The molecule has 2 N–H and O–H groups in total. The fourth-order valence-corrected chi connectivity index (χ4v) is 4.09. The van der Waals surface area contributed by atoms with E-state index in [1.54, 1.807) is 23.5 Å². The standard InChI is InChI=1S/C14H17N3O2S2/c1-10-17-13(9-20-10)4-5-16-21(18,19)14-3-2-11-7-15-8-12(11)6-14/h2-3,6,9,15-16H,4-5,7-8H2,1H3. The summed E-state index contributed by atoms with van der Waals surface area (Å²) in [5, 5.41) is 6.17. The Hall–Kier alpha value is -1.28. The van der Waals surface area contributed by atoms with Crippen molar-refractivity contribution in [2.24, 2.45) is 0 Å². The normalized spacial score (nSPS) is 14.3. The van der Waals surface area contributed by atoms with Crippen LogP contribution in [0.15, 0.2) is 28.5 Å². The van der Waals surface area contributed by atoms with E-state index in [9.17, 15) is 8.42 Å². The smallest absolute Gasteiger partial charge is 0.240 e. The second-order valence-electron chi connectivity index (χ2n) is 5.04. The van der Waals surface area contributed by atoms with E-state index in [1.807, 2.05) is 18.4 Å². The van der Waals surface area contributed by atoms with Crippen molar-refractivity contribution >= 4 is 21.4 Å². The largest absolute Gasteiger partial charge is 0.309 e. The second-order valence-corrected chi connectivity index (χ2v) is 7.87. The summed E-state index contributed by atoms with van der Waals surface area (Å²) in [6, 6.07) is 5.31. The van der Waals surface area contributed by atoms with Crippen molar-refractivity contribution in [2.45, 2.75) is 31.3 Å². The first kappa shape index (κ1) is 14.6. The summed E-state index contributed by atoms with van der Waals surface area (Å²) < 4.78 is 27.2. The monoisotopic (exact) mass is 323 g/mol. The minimum absolute atomic E-state index is 0.333. The topological polar surface area (TPSA) is 71.1 Å². The summed E-state index contributed by atoms with van der Waals surface area (Å²) in [6.07, 6.45) is 0.607. The molecule has 0 fully saturated rings. The molecule has 21 heavy (non-hydrogen) atoms. The first-order valence-electron chi connectivity index (χ1n) is 6.78. The average molecular weight is 323 g/mol. The summed E-state index contributed by atoms with van der Waals surface area (Å²) in [7, 11) is -3.45. The van der Waals surface area contributed by atoms with Crippen LogP contribution in [0.4, 0.5) is 0 Å². The van der Waals surface area contributed by atoms with Crippen LogP contribution in [-0.2, 0) is 29.5 Å². The molecule has 0 amide bonds. The van der Waals surface area contributed by atoms with Crippen LogP contribution in [0.1, 0.15) is 21.8 Å². The summed E-state index contributed by atoms with van der Waals surface area (Å²) in [5.74, 6) is 0. The Balaban J connectivity index is 1.66. The highest BCUT2D eigenvalue weighted by Crippen LogP contribution is 2.19. The number of aromatic nitrogens is 1.